The van der Waals surface area contributed by atoms with Crippen molar-refractivity contribution in [2.24, 2.45) is 4.36 Å². The zero-order valence-corrected chi connectivity index (χ0v) is 11.0. The van der Waals surface area contributed by atoms with Crippen molar-refractivity contribution in [1.29, 1.82) is 0 Å². The number of rotatable bonds is 2. The van der Waals surface area contributed by atoms with E-state index in [1.807, 2.05) is 42.5 Å². The lowest BCUT2D eigenvalue weighted by Gasteiger charge is -2.05. The van der Waals surface area contributed by atoms with Gasteiger partial charge in [-0.1, -0.05) is 35.4 Å². The molecule has 0 aliphatic rings. The lowest BCUT2D eigenvalue weighted by atomic mass is 10.1. The van der Waals surface area contributed by atoms with E-state index >= 15 is 0 Å². The van der Waals surface area contributed by atoms with Gasteiger partial charge < -0.3 is 0 Å². The number of H-pyrrole nitrogens is 1. The first-order valence-electron chi connectivity index (χ1n) is 5.60. The molecule has 1 unspecified atom stereocenters. The van der Waals surface area contributed by atoms with Gasteiger partial charge in [0.05, 0.1) is 9.73 Å². The molecular weight excluding hydrogens is 262 g/mol. The first kappa shape index (κ1) is 11.8. The highest BCUT2D eigenvalue weighted by molar-refractivity contribution is 7.93. The van der Waals surface area contributed by atoms with Crippen molar-refractivity contribution < 1.29 is 4.21 Å². The van der Waals surface area contributed by atoms with Crippen molar-refractivity contribution in [2.75, 3.05) is 6.26 Å². The van der Waals surface area contributed by atoms with E-state index in [2.05, 4.69) is 25.0 Å². The molecule has 1 N–H and O–H groups in total. The highest BCUT2D eigenvalue weighted by atomic mass is 32.2. The smallest absolute Gasteiger partial charge is 0.245 e. The number of hydrogen-bond acceptors (Lipinski definition) is 5. The number of tetrazole rings is 1. The van der Waals surface area contributed by atoms with Gasteiger partial charge in [0.1, 0.15) is 0 Å². The molecule has 0 saturated heterocycles. The van der Waals surface area contributed by atoms with E-state index in [0.717, 1.165) is 10.8 Å². The van der Waals surface area contributed by atoms with Crippen LogP contribution in [0.5, 0.6) is 0 Å². The van der Waals surface area contributed by atoms with E-state index in [0.29, 0.717) is 4.90 Å². The summed E-state index contributed by atoms with van der Waals surface area (Å²) in [7, 11) is -2.58. The molecule has 0 saturated carbocycles. The molecule has 1 aromatic heterocycles. The second-order valence-electron chi connectivity index (χ2n) is 4.11. The van der Waals surface area contributed by atoms with Gasteiger partial charge in [0, 0.05) is 11.2 Å². The van der Waals surface area contributed by atoms with Gasteiger partial charge in [0.2, 0.25) is 0 Å². The van der Waals surface area contributed by atoms with Crippen LogP contribution in [0.2, 0.25) is 0 Å². The van der Waals surface area contributed by atoms with Crippen molar-refractivity contribution in [3.8, 4) is 0 Å². The van der Waals surface area contributed by atoms with Crippen LogP contribution < -0.4 is 0 Å². The van der Waals surface area contributed by atoms with Crippen LogP contribution >= 0.6 is 0 Å². The summed E-state index contributed by atoms with van der Waals surface area (Å²) in [5.74, 6) is 0.0978. The predicted octanol–water partition coefficient (Wildman–Crippen LogP) is 2.14. The predicted molar refractivity (Wildman–Crippen MR) is 72.5 cm³/mol. The lowest BCUT2D eigenvalue weighted by Crippen LogP contribution is -1.97. The molecule has 1 atom stereocenters. The summed E-state index contributed by atoms with van der Waals surface area (Å²) in [6.45, 7) is 0. The molecule has 1 heterocycles. The van der Waals surface area contributed by atoms with Crippen molar-refractivity contribution in [1.82, 2.24) is 20.6 Å². The third-order valence-corrected chi connectivity index (χ3v) is 4.39. The van der Waals surface area contributed by atoms with E-state index in [1.165, 1.54) is 0 Å². The second-order valence-corrected chi connectivity index (χ2v) is 6.37. The van der Waals surface area contributed by atoms with Crippen LogP contribution in [0.15, 0.2) is 51.7 Å². The molecule has 0 bridgehead atoms. The Morgan fingerprint density at radius 3 is 2.68 bits per heavy atom. The number of aromatic amines is 1. The largest absolute Gasteiger partial charge is 0.297 e. The van der Waals surface area contributed by atoms with E-state index in [4.69, 9.17) is 0 Å². The topological polar surface area (TPSA) is 83.9 Å². The van der Waals surface area contributed by atoms with E-state index < -0.39 is 9.73 Å². The van der Waals surface area contributed by atoms with Crippen LogP contribution in [0, 0.1) is 0 Å². The fourth-order valence-corrected chi connectivity index (χ4v) is 2.97. The molecule has 2 aromatic carbocycles. The molecule has 0 fully saturated rings. The van der Waals surface area contributed by atoms with Gasteiger partial charge in [-0.2, -0.15) is 9.58 Å². The molecule has 3 rings (SSSR count). The molecule has 6 nitrogen and oxygen atoms in total. The summed E-state index contributed by atoms with van der Waals surface area (Å²) >= 11 is 0. The summed E-state index contributed by atoms with van der Waals surface area (Å²) in [6, 6.07) is 13.5. The first-order chi connectivity index (χ1) is 9.15. The van der Waals surface area contributed by atoms with Gasteiger partial charge in [-0.3, -0.25) is 0 Å². The number of nitrogens with zero attached hydrogens (tertiary/aromatic N) is 4. The molecule has 0 radical (unpaired) electrons. The quantitative estimate of drug-likeness (QED) is 0.775. The Labute approximate surface area is 110 Å². The highest BCUT2D eigenvalue weighted by Gasteiger charge is 2.09. The Bertz CT molecular complexity index is 834. The van der Waals surface area contributed by atoms with Crippen molar-refractivity contribution in [3.05, 3.63) is 42.5 Å². The summed E-state index contributed by atoms with van der Waals surface area (Å²) < 4.78 is 16.7. The minimum atomic E-state index is -2.58. The number of fused-ring (bicyclic) bond motifs is 1. The maximum Gasteiger partial charge on any atom is 0.297 e. The molecule has 0 aliphatic heterocycles. The average molecular weight is 273 g/mol. The summed E-state index contributed by atoms with van der Waals surface area (Å²) in [5, 5.41) is 15.2. The van der Waals surface area contributed by atoms with Crippen LogP contribution in [0.25, 0.3) is 10.8 Å². The minimum Gasteiger partial charge on any atom is -0.245 e. The van der Waals surface area contributed by atoms with E-state index in [1.54, 1.807) is 6.26 Å². The van der Waals surface area contributed by atoms with E-state index in [9.17, 15) is 4.21 Å². The Morgan fingerprint density at radius 2 is 1.95 bits per heavy atom. The Morgan fingerprint density at radius 1 is 1.16 bits per heavy atom. The fraction of sp³-hybridized carbons (Fsp3) is 0.0833. The number of nitrogens with one attached hydrogen (secondary N) is 1. The maximum absolute atomic E-state index is 12.6. The number of benzene rings is 2. The summed E-state index contributed by atoms with van der Waals surface area (Å²) in [6.07, 6.45) is 1.56. The molecular formula is C12H11N5OS. The molecule has 0 spiro atoms. The minimum absolute atomic E-state index is 0.0978. The van der Waals surface area contributed by atoms with Crippen LogP contribution in [0.4, 0.5) is 5.95 Å². The van der Waals surface area contributed by atoms with Gasteiger partial charge in [-0.15, -0.1) is 5.10 Å². The molecule has 0 amide bonds. The third-order valence-electron chi connectivity index (χ3n) is 2.75. The van der Waals surface area contributed by atoms with E-state index in [-0.39, 0.29) is 5.95 Å². The zero-order valence-electron chi connectivity index (χ0n) is 10.1. The second kappa shape index (κ2) is 4.43. The SMILES string of the molecule is CS(=O)(=Nc1nn[nH]n1)c1ccc2ccccc2c1. The van der Waals surface area contributed by atoms with Crippen LogP contribution in [-0.2, 0) is 9.73 Å². The summed E-state index contributed by atoms with van der Waals surface area (Å²) in [5.41, 5.74) is 0. The van der Waals surface area contributed by atoms with Gasteiger partial charge in [0.15, 0.2) is 0 Å². The van der Waals surface area contributed by atoms with Crippen LogP contribution in [0.1, 0.15) is 0 Å². The van der Waals surface area contributed by atoms with Gasteiger partial charge in [0.25, 0.3) is 5.95 Å². The third kappa shape index (κ3) is 2.32. The van der Waals surface area contributed by atoms with Gasteiger partial charge >= 0.3 is 0 Å². The molecule has 3 aromatic rings. The maximum atomic E-state index is 12.6. The Kier molecular flexibility index (Phi) is 2.75. The molecule has 0 aliphatic carbocycles. The Balaban J connectivity index is 2.16. The van der Waals surface area contributed by atoms with Crippen LogP contribution in [0.3, 0.4) is 0 Å². The molecule has 96 valence electrons. The highest BCUT2D eigenvalue weighted by Crippen LogP contribution is 2.21. The normalized spacial score (nSPS) is 14.2. The van der Waals surface area contributed by atoms with Crippen molar-refractivity contribution >= 4 is 26.4 Å². The fourth-order valence-electron chi connectivity index (χ4n) is 1.81. The number of hydrogen-bond donors (Lipinski definition) is 1. The monoisotopic (exact) mass is 273 g/mol. The first-order valence-corrected chi connectivity index (χ1v) is 7.52. The van der Waals surface area contributed by atoms with Gasteiger partial charge in [-0.25, -0.2) is 4.21 Å². The average Bonchev–Trinajstić information content (AvgIpc) is 2.90. The van der Waals surface area contributed by atoms with Crippen molar-refractivity contribution in [2.45, 2.75) is 4.90 Å². The molecule has 19 heavy (non-hydrogen) atoms. The summed E-state index contributed by atoms with van der Waals surface area (Å²) in [4.78, 5) is 0.649. The molecule has 7 heteroatoms. The van der Waals surface area contributed by atoms with Crippen molar-refractivity contribution in [3.63, 3.8) is 0 Å². The zero-order chi connectivity index (χ0) is 13.3. The van der Waals surface area contributed by atoms with Gasteiger partial charge in [-0.05, 0) is 28.1 Å². The number of aromatic nitrogens is 4. The Hall–Kier alpha value is -2.28. The standard InChI is InChI=1S/C12H11N5OS/c1-19(18,15-12-13-16-17-14-12)11-7-6-9-4-2-3-5-10(9)8-11/h2-8H,1H3,(H,13,14,16,17). The van der Waals surface area contributed by atoms with Crippen LogP contribution in [-0.4, -0.2) is 31.1 Å². The lowest BCUT2D eigenvalue weighted by molar-refractivity contribution is 0.680.